The van der Waals surface area contributed by atoms with Crippen LogP contribution in [0.3, 0.4) is 0 Å². The number of carbonyl (C=O) groups is 1. The minimum absolute atomic E-state index is 0.0465. The van der Waals surface area contributed by atoms with Crippen molar-refractivity contribution in [2.75, 3.05) is 30.4 Å². The van der Waals surface area contributed by atoms with Crippen LogP contribution in [0.4, 0.5) is 29.3 Å². The fourth-order valence-electron chi connectivity index (χ4n) is 4.60. The number of aromatic nitrogens is 1. The van der Waals surface area contributed by atoms with Gasteiger partial charge in [0.05, 0.1) is 12.7 Å². The number of anilines is 2. The second-order valence-corrected chi connectivity index (χ2v) is 9.26. The molecule has 0 atom stereocenters. The fourth-order valence-corrected chi connectivity index (χ4v) is 4.60. The summed E-state index contributed by atoms with van der Waals surface area (Å²) in [6.45, 7) is 1.71. The number of H-pyrrole nitrogens is 1. The number of nitrogens with zero attached hydrogens (tertiary/aromatic N) is 1. The zero-order valence-corrected chi connectivity index (χ0v) is 21.6. The van der Waals surface area contributed by atoms with E-state index in [9.17, 15) is 22.8 Å². The van der Waals surface area contributed by atoms with Gasteiger partial charge in [-0.05, 0) is 61.1 Å². The number of rotatable bonds is 4. The molecule has 39 heavy (non-hydrogen) atoms. The monoisotopic (exact) mass is 537 g/mol. The average Bonchev–Trinajstić information content (AvgIpc) is 2.94. The lowest BCUT2D eigenvalue weighted by Gasteiger charge is -2.29. The number of methoxy groups -OCH3 is 1. The summed E-state index contributed by atoms with van der Waals surface area (Å²) in [4.78, 5) is 27.2. The van der Waals surface area contributed by atoms with E-state index in [1.54, 1.807) is 12.1 Å². The Hall–Kier alpha value is -4.27. The molecule has 1 aliphatic rings. The summed E-state index contributed by atoms with van der Waals surface area (Å²) in [6.07, 6.45) is -0.944. The number of pyridine rings is 1. The molecule has 1 saturated heterocycles. The van der Waals surface area contributed by atoms with Crippen molar-refractivity contribution in [1.82, 2.24) is 4.98 Å². The van der Waals surface area contributed by atoms with Crippen LogP contribution < -0.4 is 15.8 Å². The average molecular weight is 538 g/mol. The first kappa shape index (κ1) is 27.8. The highest BCUT2D eigenvalue weighted by Gasteiger charge is 2.33. The number of aromatic amines is 1. The van der Waals surface area contributed by atoms with Crippen LogP contribution in [0.15, 0.2) is 83.7 Å². The van der Waals surface area contributed by atoms with Gasteiger partial charge in [0.15, 0.2) is 0 Å². The molecule has 204 valence electrons. The number of para-hydroxylation sites is 1. The van der Waals surface area contributed by atoms with Crippen molar-refractivity contribution >= 4 is 28.4 Å². The number of amides is 1. The lowest BCUT2D eigenvalue weighted by atomic mass is 10.0. The molecule has 0 unspecified atom stereocenters. The number of nitrogens with one attached hydrogen (secondary N) is 2. The quantitative estimate of drug-likeness (QED) is 0.294. The maximum absolute atomic E-state index is 13.1. The number of fused-ring (bicyclic) bond motifs is 1. The van der Waals surface area contributed by atoms with Gasteiger partial charge in [-0.1, -0.05) is 48.5 Å². The summed E-state index contributed by atoms with van der Waals surface area (Å²) in [5, 5.41) is 2.77. The van der Waals surface area contributed by atoms with Crippen LogP contribution in [0, 0.1) is 0 Å². The first-order valence-corrected chi connectivity index (χ1v) is 12.7. The Balaban J connectivity index is 0.000000183. The zero-order chi connectivity index (χ0) is 27.8. The summed E-state index contributed by atoms with van der Waals surface area (Å²) < 4.78 is 43.9. The summed E-state index contributed by atoms with van der Waals surface area (Å²) in [6, 6.07) is 23.3. The van der Waals surface area contributed by atoms with Gasteiger partial charge >= 0.3 is 12.3 Å². The third kappa shape index (κ3) is 7.40. The van der Waals surface area contributed by atoms with Gasteiger partial charge in [-0.3, -0.25) is 10.1 Å². The number of ether oxygens (including phenoxy) is 1. The molecule has 1 aliphatic heterocycles. The topological polar surface area (TPSA) is 74.4 Å². The van der Waals surface area contributed by atoms with Crippen LogP contribution >= 0.6 is 0 Å². The number of hydrogen-bond donors (Lipinski definition) is 2. The minimum Gasteiger partial charge on any atom is -0.453 e. The lowest BCUT2D eigenvalue weighted by Crippen LogP contribution is -2.29. The molecule has 0 aliphatic carbocycles. The van der Waals surface area contributed by atoms with Crippen LogP contribution in [0.1, 0.15) is 36.0 Å². The van der Waals surface area contributed by atoms with E-state index in [1.807, 2.05) is 42.5 Å². The highest BCUT2D eigenvalue weighted by Crippen LogP contribution is 2.35. The molecule has 6 nitrogen and oxygen atoms in total. The predicted molar refractivity (Wildman–Crippen MR) is 147 cm³/mol. The molecule has 4 aromatic rings. The molecule has 0 saturated carbocycles. The molecule has 2 heterocycles. The third-order valence-electron chi connectivity index (χ3n) is 6.53. The van der Waals surface area contributed by atoms with Gasteiger partial charge in [-0.2, -0.15) is 13.2 Å². The van der Waals surface area contributed by atoms with Gasteiger partial charge in [0.1, 0.15) is 0 Å². The molecule has 1 amide bonds. The molecule has 0 bridgehead atoms. The van der Waals surface area contributed by atoms with Gasteiger partial charge in [0.25, 0.3) is 0 Å². The summed E-state index contributed by atoms with van der Waals surface area (Å²) in [5.41, 5.74) is 2.44. The standard InChI is InChI=1S/C15H15F3N2O.C15H15NO2/c16-15(17,18)12-9-14(21)19-13-5-4-10(8-11(12)13)20-6-2-1-3-7-20;1-18-15(17)16-14-10-6-5-9-13(14)11-12-7-3-2-4-8-12/h4-5,8-9H,1-3,6-7H2,(H,19,21);2-10H,11H2,1H3,(H,16,17). The van der Waals surface area contributed by atoms with Crippen molar-refractivity contribution in [1.29, 1.82) is 0 Å². The summed E-state index contributed by atoms with van der Waals surface area (Å²) in [5.74, 6) is 0. The van der Waals surface area contributed by atoms with Gasteiger partial charge in [0, 0.05) is 41.4 Å². The van der Waals surface area contributed by atoms with Crippen molar-refractivity contribution in [2.24, 2.45) is 0 Å². The minimum atomic E-state index is -4.53. The second kappa shape index (κ2) is 12.5. The van der Waals surface area contributed by atoms with E-state index in [0.29, 0.717) is 6.07 Å². The fraction of sp³-hybridized carbons (Fsp3) is 0.267. The number of carbonyl (C=O) groups excluding carboxylic acids is 1. The first-order chi connectivity index (χ1) is 18.7. The highest BCUT2D eigenvalue weighted by molar-refractivity contribution is 5.86. The molecule has 3 aromatic carbocycles. The maximum Gasteiger partial charge on any atom is 0.417 e. The number of benzene rings is 3. The number of piperidine rings is 1. The Morgan fingerprint density at radius 3 is 2.33 bits per heavy atom. The van der Waals surface area contributed by atoms with Crippen LogP contribution in [-0.4, -0.2) is 31.3 Å². The number of hydrogen-bond acceptors (Lipinski definition) is 4. The Morgan fingerprint density at radius 1 is 0.949 bits per heavy atom. The van der Waals surface area contributed by atoms with Gasteiger partial charge in [-0.15, -0.1) is 0 Å². The van der Waals surface area contributed by atoms with Crippen molar-refractivity contribution in [3.8, 4) is 0 Å². The maximum atomic E-state index is 13.1. The number of alkyl halides is 3. The summed E-state index contributed by atoms with van der Waals surface area (Å²) in [7, 11) is 1.36. The predicted octanol–water partition coefficient (Wildman–Crippen LogP) is 6.99. The van der Waals surface area contributed by atoms with Crippen molar-refractivity contribution in [2.45, 2.75) is 31.9 Å². The largest absolute Gasteiger partial charge is 0.453 e. The Morgan fingerprint density at radius 2 is 1.64 bits per heavy atom. The van der Waals surface area contributed by atoms with Crippen LogP contribution in [0.25, 0.3) is 10.9 Å². The molecule has 0 spiro atoms. The molecule has 5 rings (SSSR count). The van der Waals surface area contributed by atoms with Gasteiger partial charge in [0.2, 0.25) is 5.56 Å². The molecule has 9 heteroatoms. The van der Waals surface area contributed by atoms with Crippen molar-refractivity contribution < 1.29 is 22.7 Å². The summed E-state index contributed by atoms with van der Waals surface area (Å²) >= 11 is 0. The first-order valence-electron chi connectivity index (χ1n) is 12.7. The van der Waals surface area contributed by atoms with Gasteiger partial charge in [-0.25, -0.2) is 4.79 Å². The Bertz CT molecular complexity index is 1460. The van der Waals surface area contributed by atoms with Crippen molar-refractivity contribution in [3.05, 3.63) is 106 Å². The third-order valence-corrected chi connectivity index (χ3v) is 6.53. The Kier molecular flexibility index (Phi) is 8.91. The molecule has 1 fully saturated rings. The second-order valence-electron chi connectivity index (χ2n) is 9.26. The molecule has 2 N–H and O–H groups in total. The van der Waals surface area contributed by atoms with E-state index in [2.05, 4.69) is 32.1 Å². The van der Waals surface area contributed by atoms with E-state index in [-0.39, 0.29) is 10.9 Å². The van der Waals surface area contributed by atoms with Crippen LogP contribution in [0.2, 0.25) is 0 Å². The van der Waals surface area contributed by atoms with E-state index in [1.165, 1.54) is 18.7 Å². The van der Waals surface area contributed by atoms with E-state index in [4.69, 9.17) is 0 Å². The number of halogens is 3. The van der Waals surface area contributed by atoms with E-state index < -0.39 is 23.4 Å². The van der Waals surface area contributed by atoms with E-state index in [0.717, 1.165) is 55.7 Å². The highest BCUT2D eigenvalue weighted by atomic mass is 19.4. The van der Waals surface area contributed by atoms with Gasteiger partial charge < -0.3 is 14.6 Å². The van der Waals surface area contributed by atoms with E-state index >= 15 is 0 Å². The molecule has 1 aromatic heterocycles. The molecular formula is C30H30F3N3O3. The lowest BCUT2D eigenvalue weighted by molar-refractivity contribution is -0.136. The van der Waals surface area contributed by atoms with Crippen LogP contribution in [-0.2, 0) is 17.3 Å². The molecule has 0 radical (unpaired) electrons. The zero-order valence-electron chi connectivity index (χ0n) is 21.6. The molecular weight excluding hydrogens is 507 g/mol. The van der Waals surface area contributed by atoms with Crippen molar-refractivity contribution in [3.63, 3.8) is 0 Å². The SMILES string of the molecule is COC(=O)Nc1ccccc1Cc1ccccc1.O=c1cc(C(F)(F)F)c2cc(N3CCCCC3)ccc2[nH]1. The smallest absolute Gasteiger partial charge is 0.417 e. The normalized spacial score (nSPS) is 13.4. The Labute approximate surface area is 224 Å². The van der Waals surface area contributed by atoms with Crippen LogP contribution in [0.5, 0.6) is 0 Å².